The Hall–Kier alpha value is -2.58. The van der Waals surface area contributed by atoms with Gasteiger partial charge in [-0.3, -0.25) is 19.2 Å². The fraction of sp³-hybridized carbons (Fsp3) is 0.645. The van der Waals surface area contributed by atoms with Crippen LogP contribution in [-0.2, 0) is 14.4 Å². The van der Waals surface area contributed by atoms with Crippen LogP contribution < -0.4 is 31.5 Å². The molecule has 5 N–H and O–H groups in total. The Morgan fingerprint density at radius 1 is 0.867 bits per heavy atom. The van der Waals surface area contributed by atoms with Crippen molar-refractivity contribution in [3.63, 3.8) is 0 Å². The van der Waals surface area contributed by atoms with E-state index in [0.717, 1.165) is 67.8 Å². The number of amides is 5. The number of rotatable bonds is 23. The van der Waals surface area contributed by atoms with E-state index in [2.05, 4.69) is 26.6 Å². The van der Waals surface area contributed by atoms with Crippen LogP contribution in [0.5, 0.6) is 0 Å². The Labute approximate surface area is 279 Å². The number of carbonyl (C=O) groups excluding carboxylic acids is 5. The highest BCUT2D eigenvalue weighted by atomic mass is 33.1. The highest BCUT2D eigenvalue weighted by molar-refractivity contribution is 8.76. The SMILES string of the molecule is CN(CCC(=O)NCCSSCCNC(=O)CCCCCNC(=O)CCCCC1SCC2NC(=O)NC21)c1ccc(C=O)cc1. The highest BCUT2D eigenvalue weighted by Gasteiger charge is 2.42. The molecule has 5 amide bonds. The second-order valence-electron chi connectivity index (χ2n) is 11.3. The summed E-state index contributed by atoms with van der Waals surface area (Å²) >= 11 is 1.90. The van der Waals surface area contributed by atoms with Crippen molar-refractivity contribution in [3.8, 4) is 0 Å². The Morgan fingerprint density at radius 3 is 2.16 bits per heavy atom. The number of unbranched alkanes of at least 4 members (excludes halogenated alkanes) is 3. The number of hydrogen-bond acceptors (Lipinski definition) is 9. The van der Waals surface area contributed by atoms with Gasteiger partial charge in [0.25, 0.3) is 0 Å². The Bertz CT molecular complexity index is 1100. The predicted octanol–water partition coefficient (Wildman–Crippen LogP) is 3.34. The van der Waals surface area contributed by atoms with Crippen molar-refractivity contribution in [1.82, 2.24) is 26.6 Å². The summed E-state index contributed by atoms with van der Waals surface area (Å²) in [6.45, 7) is 2.45. The summed E-state index contributed by atoms with van der Waals surface area (Å²) in [6, 6.07) is 7.67. The highest BCUT2D eigenvalue weighted by Crippen LogP contribution is 2.33. The van der Waals surface area contributed by atoms with Crippen LogP contribution in [0.2, 0.25) is 0 Å². The average Bonchev–Trinajstić information content (AvgIpc) is 3.60. The Morgan fingerprint density at radius 2 is 1.49 bits per heavy atom. The number of benzene rings is 1. The molecule has 1 aromatic carbocycles. The molecule has 1 aromatic rings. The van der Waals surface area contributed by atoms with E-state index in [-0.39, 0.29) is 35.8 Å². The van der Waals surface area contributed by atoms with Crippen LogP contribution in [-0.4, -0.2) is 97.9 Å². The number of hydrogen-bond donors (Lipinski definition) is 5. The molecule has 0 radical (unpaired) electrons. The number of nitrogens with zero attached hydrogens (tertiary/aromatic N) is 1. The van der Waals surface area contributed by atoms with Crippen molar-refractivity contribution in [2.75, 3.05) is 55.4 Å². The van der Waals surface area contributed by atoms with E-state index in [9.17, 15) is 24.0 Å². The summed E-state index contributed by atoms with van der Waals surface area (Å²) in [7, 11) is 5.28. The van der Waals surface area contributed by atoms with E-state index in [0.29, 0.717) is 56.3 Å². The van der Waals surface area contributed by atoms with Crippen molar-refractivity contribution in [2.24, 2.45) is 0 Å². The first-order chi connectivity index (χ1) is 21.9. The normalized spacial score (nSPS) is 18.4. The van der Waals surface area contributed by atoms with Gasteiger partial charge >= 0.3 is 6.03 Å². The van der Waals surface area contributed by atoms with Gasteiger partial charge in [0.05, 0.1) is 12.1 Å². The topological polar surface area (TPSA) is 149 Å². The monoisotopic (exact) mass is 680 g/mol. The quantitative estimate of drug-likeness (QED) is 0.0508. The van der Waals surface area contributed by atoms with E-state index in [4.69, 9.17) is 0 Å². The summed E-state index contributed by atoms with van der Waals surface area (Å²) in [6.07, 6.45) is 7.65. The van der Waals surface area contributed by atoms with Crippen LogP contribution in [0.3, 0.4) is 0 Å². The average molecular weight is 681 g/mol. The number of carbonyl (C=O) groups is 5. The lowest BCUT2D eigenvalue weighted by atomic mass is 10.0. The van der Waals surface area contributed by atoms with Gasteiger partial charge in [0, 0.05) is 86.2 Å². The minimum absolute atomic E-state index is 0.00909. The zero-order chi connectivity index (χ0) is 32.3. The maximum Gasteiger partial charge on any atom is 0.315 e. The lowest BCUT2D eigenvalue weighted by Gasteiger charge is -2.19. The molecular weight excluding hydrogens is 633 g/mol. The second kappa shape index (κ2) is 21.3. The number of fused-ring (bicyclic) bond motifs is 1. The lowest BCUT2D eigenvalue weighted by molar-refractivity contribution is -0.122. The fourth-order valence-corrected chi connectivity index (χ4v) is 8.50. The number of nitrogens with one attached hydrogen (secondary N) is 5. The number of urea groups is 1. The van der Waals surface area contributed by atoms with Crippen LogP contribution in [0.1, 0.15) is 68.1 Å². The first-order valence-electron chi connectivity index (χ1n) is 15.8. The van der Waals surface area contributed by atoms with Crippen LogP contribution in [0, 0.1) is 0 Å². The summed E-state index contributed by atoms with van der Waals surface area (Å²) in [5.74, 6) is 2.71. The summed E-state index contributed by atoms with van der Waals surface area (Å²) in [4.78, 5) is 60.5. The van der Waals surface area contributed by atoms with Crippen LogP contribution in [0.4, 0.5) is 10.5 Å². The van der Waals surface area contributed by atoms with Crippen molar-refractivity contribution in [2.45, 2.75) is 75.1 Å². The summed E-state index contributed by atoms with van der Waals surface area (Å²) < 4.78 is 0. The molecule has 14 heteroatoms. The van der Waals surface area contributed by atoms with E-state index in [1.165, 1.54) is 0 Å². The van der Waals surface area contributed by atoms with Gasteiger partial charge in [-0.2, -0.15) is 11.8 Å². The molecule has 250 valence electrons. The maximum atomic E-state index is 12.1. The number of thioether (sulfide) groups is 1. The molecule has 2 aliphatic heterocycles. The second-order valence-corrected chi connectivity index (χ2v) is 15.2. The first kappa shape index (κ1) is 36.9. The zero-order valence-electron chi connectivity index (χ0n) is 26.1. The predicted molar refractivity (Wildman–Crippen MR) is 186 cm³/mol. The lowest BCUT2D eigenvalue weighted by Crippen LogP contribution is -2.36. The van der Waals surface area contributed by atoms with Gasteiger partial charge in [-0.15, -0.1) is 0 Å². The summed E-state index contributed by atoms with van der Waals surface area (Å²) in [5.41, 5.74) is 1.59. The molecule has 3 atom stereocenters. The molecule has 2 saturated heterocycles. The van der Waals surface area contributed by atoms with Gasteiger partial charge in [-0.1, -0.05) is 34.4 Å². The maximum absolute atomic E-state index is 12.1. The Kier molecular flexibility index (Phi) is 17.4. The van der Waals surface area contributed by atoms with Gasteiger partial charge in [-0.05, 0) is 49.9 Å². The molecule has 45 heavy (non-hydrogen) atoms. The van der Waals surface area contributed by atoms with Crippen molar-refractivity contribution in [3.05, 3.63) is 29.8 Å². The fourth-order valence-electron chi connectivity index (χ4n) is 5.14. The van der Waals surface area contributed by atoms with Crippen molar-refractivity contribution >= 4 is 69.1 Å². The van der Waals surface area contributed by atoms with Crippen LogP contribution in [0.15, 0.2) is 24.3 Å². The molecule has 0 aliphatic carbocycles. The molecule has 2 heterocycles. The third kappa shape index (κ3) is 14.6. The van der Waals surface area contributed by atoms with Gasteiger partial charge in [-0.25, -0.2) is 4.79 Å². The molecule has 0 aromatic heterocycles. The minimum Gasteiger partial charge on any atom is -0.374 e. The van der Waals surface area contributed by atoms with E-state index < -0.39 is 0 Å². The van der Waals surface area contributed by atoms with Gasteiger partial charge in [0.15, 0.2) is 0 Å². The molecule has 0 spiro atoms. The number of anilines is 1. The van der Waals surface area contributed by atoms with E-state index in [1.54, 1.807) is 33.7 Å². The van der Waals surface area contributed by atoms with Crippen LogP contribution >= 0.6 is 33.3 Å². The van der Waals surface area contributed by atoms with Gasteiger partial charge in [0.2, 0.25) is 17.7 Å². The first-order valence-corrected chi connectivity index (χ1v) is 19.4. The van der Waals surface area contributed by atoms with Gasteiger partial charge < -0.3 is 31.5 Å². The van der Waals surface area contributed by atoms with Crippen molar-refractivity contribution < 1.29 is 24.0 Å². The third-order valence-corrected chi connectivity index (χ3v) is 11.6. The minimum atomic E-state index is -0.0605. The molecule has 2 aliphatic rings. The molecule has 0 bridgehead atoms. The smallest absolute Gasteiger partial charge is 0.315 e. The largest absolute Gasteiger partial charge is 0.374 e. The number of aldehydes is 1. The Balaban J connectivity index is 1.04. The molecular formula is C31H48N6O5S3. The molecule has 3 rings (SSSR count). The van der Waals surface area contributed by atoms with E-state index in [1.807, 2.05) is 35.8 Å². The molecule has 0 saturated carbocycles. The van der Waals surface area contributed by atoms with Crippen LogP contribution in [0.25, 0.3) is 0 Å². The van der Waals surface area contributed by atoms with Crippen molar-refractivity contribution in [1.29, 1.82) is 0 Å². The molecule has 11 nitrogen and oxygen atoms in total. The zero-order valence-corrected chi connectivity index (χ0v) is 28.6. The molecule has 2 fully saturated rings. The van der Waals surface area contributed by atoms with E-state index >= 15 is 0 Å². The van der Waals surface area contributed by atoms with Gasteiger partial charge in [0.1, 0.15) is 6.29 Å². The molecule has 3 unspecified atom stereocenters. The summed E-state index contributed by atoms with van der Waals surface area (Å²) in [5, 5.41) is 15.3. The standard InChI is InChI=1S/C31H48N6O5S3/c1-37(24-12-10-23(21-38)11-13-24)18-14-29(41)34-17-20-45-44-19-16-33-28(40)8-3-2-6-15-32-27(39)9-5-4-7-26-30-25(22-43-26)35-31(42)36-30/h10-13,21,25-26,30H,2-9,14-20,22H2,1H3,(H,32,39)(H,33,40)(H,34,41)(H2,35,36,42). The third-order valence-electron chi connectivity index (χ3n) is 7.73.